The minimum atomic E-state index is 0.456. The van der Waals surface area contributed by atoms with Gasteiger partial charge in [0, 0.05) is 26.3 Å². The van der Waals surface area contributed by atoms with Gasteiger partial charge in [0.05, 0.1) is 5.69 Å². The van der Waals surface area contributed by atoms with Crippen molar-refractivity contribution in [3.63, 3.8) is 0 Å². The average molecular weight is 247 g/mol. The van der Waals surface area contributed by atoms with E-state index in [1.807, 2.05) is 26.4 Å². The van der Waals surface area contributed by atoms with E-state index < -0.39 is 0 Å². The minimum Gasteiger partial charge on any atom is -0.379 e. The van der Waals surface area contributed by atoms with Gasteiger partial charge in [0.15, 0.2) is 5.82 Å². The highest BCUT2D eigenvalue weighted by molar-refractivity contribution is 5.65. The number of nitrogens with zero attached hydrogens (tertiary/aromatic N) is 2. The van der Waals surface area contributed by atoms with E-state index >= 15 is 0 Å². The lowest BCUT2D eigenvalue weighted by Gasteiger charge is -2.23. The third-order valence-electron chi connectivity index (χ3n) is 3.89. The van der Waals surface area contributed by atoms with Crippen LogP contribution in [0.15, 0.2) is 18.3 Å². The summed E-state index contributed by atoms with van der Waals surface area (Å²) in [5.74, 6) is 1.74. The van der Waals surface area contributed by atoms with Gasteiger partial charge >= 0.3 is 0 Å². The number of nitrogens with one attached hydrogen (secondary N) is 1. The van der Waals surface area contributed by atoms with Gasteiger partial charge in [-0.15, -0.1) is 0 Å². The van der Waals surface area contributed by atoms with Gasteiger partial charge in [0.25, 0.3) is 0 Å². The van der Waals surface area contributed by atoms with Gasteiger partial charge in [-0.2, -0.15) is 0 Å². The standard InChI is InChI=1S/C15H25N3/c1-11-9-15(2,3)10-13(11)17-12-7-6-8-16-14(12)18(4)5/h6-8,11,13,17H,9-10H2,1-5H3. The Balaban J connectivity index is 2.15. The molecule has 3 heteroatoms. The molecule has 2 unspecified atom stereocenters. The zero-order chi connectivity index (χ0) is 13.3. The average Bonchev–Trinajstić information content (AvgIpc) is 2.52. The molecule has 1 aromatic rings. The number of hydrogen-bond acceptors (Lipinski definition) is 3. The zero-order valence-corrected chi connectivity index (χ0v) is 12.2. The molecule has 1 heterocycles. The lowest BCUT2D eigenvalue weighted by Crippen LogP contribution is -2.24. The van der Waals surface area contributed by atoms with Crippen molar-refractivity contribution in [3.8, 4) is 0 Å². The van der Waals surface area contributed by atoms with Crippen LogP contribution in [0.25, 0.3) is 0 Å². The number of rotatable bonds is 3. The number of pyridine rings is 1. The van der Waals surface area contributed by atoms with Crippen molar-refractivity contribution in [2.45, 2.75) is 39.7 Å². The van der Waals surface area contributed by atoms with Gasteiger partial charge in [-0.3, -0.25) is 0 Å². The van der Waals surface area contributed by atoms with Crippen molar-refractivity contribution < 1.29 is 0 Å². The van der Waals surface area contributed by atoms with Crippen LogP contribution in [0.2, 0.25) is 0 Å². The molecule has 1 fully saturated rings. The van der Waals surface area contributed by atoms with Gasteiger partial charge in [-0.1, -0.05) is 20.8 Å². The van der Waals surface area contributed by atoms with Crippen molar-refractivity contribution in [2.24, 2.45) is 11.3 Å². The molecule has 2 atom stereocenters. The predicted octanol–water partition coefficient (Wildman–Crippen LogP) is 3.38. The summed E-state index contributed by atoms with van der Waals surface area (Å²) in [6.45, 7) is 7.07. The van der Waals surface area contributed by atoms with Crippen LogP contribution in [0.3, 0.4) is 0 Å². The summed E-state index contributed by atoms with van der Waals surface area (Å²) in [6, 6.07) is 4.68. The van der Waals surface area contributed by atoms with Crippen LogP contribution in [0.5, 0.6) is 0 Å². The summed E-state index contributed by atoms with van der Waals surface area (Å²) in [7, 11) is 4.07. The van der Waals surface area contributed by atoms with E-state index in [1.165, 1.54) is 12.8 Å². The third-order valence-corrected chi connectivity index (χ3v) is 3.89. The fourth-order valence-corrected chi connectivity index (χ4v) is 3.15. The molecule has 1 aromatic heterocycles. The summed E-state index contributed by atoms with van der Waals surface area (Å²) in [4.78, 5) is 6.51. The summed E-state index contributed by atoms with van der Waals surface area (Å²) in [5.41, 5.74) is 1.61. The Morgan fingerprint density at radius 2 is 2.06 bits per heavy atom. The molecule has 100 valence electrons. The first-order valence-electron chi connectivity index (χ1n) is 6.78. The molecule has 0 bridgehead atoms. The number of hydrogen-bond donors (Lipinski definition) is 1. The van der Waals surface area contributed by atoms with Crippen molar-refractivity contribution in [3.05, 3.63) is 18.3 Å². The smallest absolute Gasteiger partial charge is 0.151 e. The number of aromatic nitrogens is 1. The molecule has 1 aliphatic rings. The monoisotopic (exact) mass is 247 g/mol. The molecule has 1 saturated carbocycles. The fourth-order valence-electron chi connectivity index (χ4n) is 3.15. The Morgan fingerprint density at radius 3 is 2.61 bits per heavy atom. The lowest BCUT2D eigenvalue weighted by molar-refractivity contribution is 0.366. The van der Waals surface area contributed by atoms with Crippen LogP contribution in [-0.2, 0) is 0 Å². The van der Waals surface area contributed by atoms with E-state index in [4.69, 9.17) is 0 Å². The van der Waals surface area contributed by atoms with Gasteiger partial charge in [0.2, 0.25) is 0 Å². The topological polar surface area (TPSA) is 28.2 Å². The lowest BCUT2D eigenvalue weighted by atomic mass is 9.91. The van der Waals surface area contributed by atoms with Crippen LogP contribution in [0.1, 0.15) is 33.6 Å². The Bertz CT molecular complexity index is 412. The SMILES string of the molecule is CC1CC(C)(C)CC1Nc1cccnc1N(C)C. The quantitative estimate of drug-likeness (QED) is 0.887. The molecule has 1 N–H and O–H groups in total. The van der Waals surface area contributed by atoms with Crippen molar-refractivity contribution in [1.29, 1.82) is 0 Å². The minimum absolute atomic E-state index is 0.456. The molecule has 0 spiro atoms. The van der Waals surface area contributed by atoms with Crippen LogP contribution in [-0.4, -0.2) is 25.1 Å². The highest BCUT2D eigenvalue weighted by Crippen LogP contribution is 2.42. The van der Waals surface area contributed by atoms with Gasteiger partial charge in [0.1, 0.15) is 0 Å². The van der Waals surface area contributed by atoms with Crippen molar-refractivity contribution >= 4 is 11.5 Å². The summed E-state index contributed by atoms with van der Waals surface area (Å²) in [6.07, 6.45) is 4.38. The van der Waals surface area contributed by atoms with E-state index in [0.717, 1.165) is 17.4 Å². The van der Waals surface area contributed by atoms with Crippen LogP contribution in [0.4, 0.5) is 11.5 Å². The maximum atomic E-state index is 4.45. The van der Waals surface area contributed by atoms with Crippen LogP contribution in [0, 0.1) is 11.3 Å². The van der Waals surface area contributed by atoms with E-state index in [-0.39, 0.29) is 0 Å². The van der Waals surface area contributed by atoms with Gasteiger partial charge in [-0.05, 0) is 36.3 Å². The Kier molecular flexibility index (Phi) is 3.51. The maximum absolute atomic E-state index is 4.45. The largest absolute Gasteiger partial charge is 0.379 e. The first-order valence-corrected chi connectivity index (χ1v) is 6.78. The third kappa shape index (κ3) is 2.77. The summed E-state index contributed by atoms with van der Waals surface area (Å²) in [5, 5.41) is 3.69. The van der Waals surface area contributed by atoms with Gasteiger partial charge < -0.3 is 10.2 Å². The van der Waals surface area contributed by atoms with Crippen molar-refractivity contribution in [2.75, 3.05) is 24.3 Å². The molecule has 3 nitrogen and oxygen atoms in total. The van der Waals surface area contributed by atoms with E-state index in [0.29, 0.717) is 11.5 Å². The second-order valence-electron chi connectivity index (χ2n) is 6.57. The molecule has 0 amide bonds. The summed E-state index contributed by atoms with van der Waals surface area (Å²) < 4.78 is 0. The Hall–Kier alpha value is -1.25. The first-order chi connectivity index (χ1) is 8.39. The zero-order valence-electron chi connectivity index (χ0n) is 12.2. The predicted molar refractivity (Wildman–Crippen MR) is 78.2 cm³/mol. The fraction of sp³-hybridized carbons (Fsp3) is 0.667. The van der Waals surface area contributed by atoms with Crippen molar-refractivity contribution in [1.82, 2.24) is 4.98 Å². The second kappa shape index (κ2) is 4.79. The van der Waals surface area contributed by atoms with Crippen LogP contribution >= 0.6 is 0 Å². The molecule has 2 rings (SSSR count). The van der Waals surface area contributed by atoms with E-state index in [1.54, 1.807) is 0 Å². The molecular formula is C15H25N3. The maximum Gasteiger partial charge on any atom is 0.151 e. The van der Waals surface area contributed by atoms with Gasteiger partial charge in [-0.25, -0.2) is 4.98 Å². The molecule has 0 aliphatic heterocycles. The Labute approximate surface area is 111 Å². The van der Waals surface area contributed by atoms with Crippen LogP contribution < -0.4 is 10.2 Å². The highest BCUT2D eigenvalue weighted by Gasteiger charge is 2.36. The molecule has 0 radical (unpaired) electrons. The van der Waals surface area contributed by atoms with E-state index in [9.17, 15) is 0 Å². The number of anilines is 2. The molecule has 1 aliphatic carbocycles. The molecule has 18 heavy (non-hydrogen) atoms. The first kappa shape index (κ1) is 13.2. The van der Waals surface area contributed by atoms with E-state index in [2.05, 4.69) is 42.0 Å². The molecule has 0 aromatic carbocycles. The molecule has 0 saturated heterocycles. The normalized spacial score (nSPS) is 26.1. The Morgan fingerprint density at radius 1 is 1.33 bits per heavy atom. The second-order valence-corrected chi connectivity index (χ2v) is 6.57. The molecular weight excluding hydrogens is 222 g/mol. The highest BCUT2D eigenvalue weighted by atomic mass is 15.2. The summed E-state index contributed by atoms with van der Waals surface area (Å²) >= 11 is 0.